The van der Waals surface area contributed by atoms with Crippen LogP contribution in [-0.4, -0.2) is 40.9 Å². The summed E-state index contributed by atoms with van der Waals surface area (Å²) in [4.78, 5) is 2.44. The summed E-state index contributed by atoms with van der Waals surface area (Å²) in [7, 11) is 0. The number of nitrogens with zero attached hydrogens (tertiary/aromatic N) is 1. The highest BCUT2D eigenvalue weighted by Gasteiger charge is 2.22. The van der Waals surface area contributed by atoms with E-state index in [1.165, 1.54) is 19.3 Å². The quantitative estimate of drug-likeness (QED) is 0.828. The van der Waals surface area contributed by atoms with E-state index in [0.717, 1.165) is 31.5 Å². The molecule has 1 aromatic rings. The summed E-state index contributed by atoms with van der Waals surface area (Å²) in [5, 5.41) is 19.3. The van der Waals surface area contributed by atoms with Crippen molar-refractivity contribution in [2.24, 2.45) is 0 Å². The molecule has 2 N–H and O–H groups in total. The lowest BCUT2D eigenvalue weighted by Gasteiger charge is -2.36. The second-order valence-electron chi connectivity index (χ2n) is 5.41. The number of aliphatic hydroxyl groups is 2. The standard InChI is InChI=1S/C16H25NO2/c18-13-10-15-8-4-5-11-17(15)12-9-16(19)14-6-2-1-3-7-14/h1-3,6-7,15-16,18-19H,4-5,8-13H2. The number of piperidine rings is 1. The Morgan fingerprint density at radius 1 is 1.21 bits per heavy atom. The smallest absolute Gasteiger partial charge is 0.0802 e. The van der Waals surface area contributed by atoms with Crippen molar-refractivity contribution in [2.75, 3.05) is 19.7 Å². The summed E-state index contributed by atoms with van der Waals surface area (Å²) in [6.07, 6.45) is 4.94. The fourth-order valence-electron chi connectivity index (χ4n) is 2.96. The van der Waals surface area contributed by atoms with Gasteiger partial charge in [0.25, 0.3) is 0 Å². The predicted molar refractivity (Wildman–Crippen MR) is 76.9 cm³/mol. The van der Waals surface area contributed by atoms with E-state index in [-0.39, 0.29) is 12.7 Å². The van der Waals surface area contributed by atoms with Crippen LogP contribution in [0, 0.1) is 0 Å². The Labute approximate surface area is 115 Å². The van der Waals surface area contributed by atoms with Gasteiger partial charge in [0, 0.05) is 19.2 Å². The third-order valence-corrected chi connectivity index (χ3v) is 4.09. The minimum absolute atomic E-state index is 0.266. The summed E-state index contributed by atoms with van der Waals surface area (Å²) in [5.74, 6) is 0. The zero-order valence-electron chi connectivity index (χ0n) is 11.5. The minimum atomic E-state index is -0.377. The van der Waals surface area contributed by atoms with Gasteiger partial charge in [0.05, 0.1) is 6.10 Å². The van der Waals surface area contributed by atoms with E-state index in [1.807, 2.05) is 30.3 Å². The molecular weight excluding hydrogens is 238 g/mol. The average molecular weight is 263 g/mol. The number of benzene rings is 1. The van der Waals surface area contributed by atoms with Crippen molar-refractivity contribution >= 4 is 0 Å². The molecule has 0 saturated carbocycles. The van der Waals surface area contributed by atoms with Gasteiger partial charge in [0.15, 0.2) is 0 Å². The first-order valence-corrected chi connectivity index (χ1v) is 7.39. The topological polar surface area (TPSA) is 43.7 Å². The van der Waals surface area contributed by atoms with E-state index in [4.69, 9.17) is 5.11 Å². The van der Waals surface area contributed by atoms with Crippen molar-refractivity contribution in [3.63, 3.8) is 0 Å². The average Bonchev–Trinajstić information content (AvgIpc) is 2.47. The molecular formula is C16H25NO2. The SMILES string of the molecule is OCCC1CCCCN1CCC(O)c1ccccc1. The zero-order chi connectivity index (χ0) is 13.5. The molecule has 1 aliphatic rings. The second kappa shape index (κ2) is 7.63. The fraction of sp³-hybridized carbons (Fsp3) is 0.625. The predicted octanol–water partition coefficient (Wildman–Crippen LogP) is 2.35. The fourth-order valence-corrected chi connectivity index (χ4v) is 2.96. The van der Waals surface area contributed by atoms with Crippen LogP contribution in [0.2, 0.25) is 0 Å². The Bertz CT molecular complexity index is 353. The molecule has 1 saturated heterocycles. The van der Waals surface area contributed by atoms with Crippen molar-refractivity contribution in [1.82, 2.24) is 4.90 Å². The lowest BCUT2D eigenvalue weighted by Crippen LogP contribution is -2.41. The van der Waals surface area contributed by atoms with E-state index < -0.39 is 0 Å². The lowest BCUT2D eigenvalue weighted by molar-refractivity contribution is 0.0891. The molecule has 1 fully saturated rings. The Morgan fingerprint density at radius 2 is 2.00 bits per heavy atom. The highest BCUT2D eigenvalue weighted by Crippen LogP contribution is 2.22. The normalized spacial score (nSPS) is 22.3. The van der Waals surface area contributed by atoms with Crippen LogP contribution in [-0.2, 0) is 0 Å². The van der Waals surface area contributed by atoms with E-state index in [9.17, 15) is 5.11 Å². The third kappa shape index (κ3) is 4.30. The summed E-state index contributed by atoms with van der Waals surface area (Å²) in [6.45, 7) is 2.29. The van der Waals surface area contributed by atoms with Crippen LogP contribution >= 0.6 is 0 Å². The van der Waals surface area contributed by atoms with E-state index in [1.54, 1.807) is 0 Å². The van der Waals surface area contributed by atoms with Gasteiger partial charge in [-0.1, -0.05) is 36.8 Å². The first kappa shape index (κ1) is 14.5. The maximum Gasteiger partial charge on any atom is 0.0802 e. The summed E-state index contributed by atoms with van der Waals surface area (Å²) in [5.41, 5.74) is 0.998. The molecule has 106 valence electrons. The van der Waals surface area contributed by atoms with Crippen LogP contribution in [0.1, 0.15) is 43.8 Å². The molecule has 3 nitrogen and oxygen atoms in total. The highest BCUT2D eigenvalue weighted by molar-refractivity contribution is 5.17. The molecule has 1 aromatic carbocycles. The van der Waals surface area contributed by atoms with Gasteiger partial charge in [-0.15, -0.1) is 0 Å². The summed E-state index contributed by atoms with van der Waals surface area (Å²) >= 11 is 0. The molecule has 0 aliphatic carbocycles. The van der Waals surface area contributed by atoms with Gasteiger partial charge >= 0.3 is 0 Å². The monoisotopic (exact) mass is 263 g/mol. The van der Waals surface area contributed by atoms with Gasteiger partial charge in [0.2, 0.25) is 0 Å². The molecule has 3 heteroatoms. The summed E-state index contributed by atoms with van der Waals surface area (Å²) in [6, 6.07) is 10.4. The zero-order valence-corrected chi connectivity index (χ0v) is 11.5. The van der Waals surface area contributed by atoms with Crippen molar-refractivity contribution in [2.45, 2.75) is 44.2 Å². The summed E-state index contributed by atoms with van der Waals surface area (Å²) < 4.78 is 0. The maximum atomic E-state index is 10.2. The molecule has 2 rings (SSSR count). The largest absolute Gasteiger partial charge is 0.396 e. The molecule has 0 aromatic heterocycles. The second-order valence-corrected chi connectivity index (χ2v) is 5.41. The molecule has 0 amide bonds. The molecule has 1 aliphatic heterocycles. The molecule has 2 atom stereocenters. The number of hydrogen-bond acceptors (Lipinski definition) is 3. The van der Waals surface area contributed by atoms with Crippen LogP contribution in [0.5, 0.6) is 0 Å². The van der Waals surface area contributed by atoms with Crippen molar-refractivity contribution < 1.29 is 10.2 Å². The number of rotatable bonds is 6. The molecule has 0 spiro atoms. The first-order chi connectivity index (χ1) is 9.31. The third-order valence-electron chi connectivity index (χ3n) is 4.09. The molecule has 1 heterocycles. The van der Waals surface area contributed by atoms with Gasteiger partial charge in [-0.2, -0.15) is 0 Å². The van der Waals surface area contributed by atoms with Gasteiger partial charge in [-0.3, -0.25) is 0 Å². The Balaban J connectivity index is 1.83. The Hall–Kier alpha value is -0.900. The van der Waals surface area contributed by atoms with Crippen LogP contribution in [0.15, 0.2) is 30.3 Å². The number of aliphatic hydroxyl groups excluding tert-OH is 2. The molecule has 0 radical (unpaired) electrons. The Morgan fingerprint density at radius 3 is 2.74 bits per heavy atom. The van der Waals surface area contributed by atoms with E-state index in [0.29, 0.717) is 6.04 Å². The van der Waals surface area contributed by atoms with E-state index >= 15 is 0 Å². The van der Waals surface area contributed by atoms with Crippen LogP contribution in [0.4, 0.5) is 0 Å². The van der Waals surface area contributed by atoms with Crippen molar-refractivity contribution in [1.29, 1.82) is 0 Å². The first-order valence-electron chi connectivity index (χ1n) is 7.39. The van der Waals surface area contributed by atoms with Gasteiger partial charge in [0.1, 0.15) is 0 Å². The van der Waals surface area contributed by atoms with Crippen LogP contribution in [0.25, 0.3) is 0 Å². The highest BCUT2D eigenvalue weighted by atomic mass is 16.3. The van der Waals surface area contributed by atoms with Crippen LogP contribution in [0.3, 0.4) is 0 Å². The van der Waals surface area contributed by atoms with Crippen LogP contribution < -0.4 is 0 Å². The van der Waals surface area contributed by atoms with Gasteiger partial charge < -0.3 is 15.1 Å². The van der Waals surface area contributed by atoms with Gasteiger partial charge in [-0.05, 0) is 37.8 Å². The molecule has 19 heavy (non-hydrogen) atoms. The van der Waals surface area contributed by atoms with E-state index in [2.05, 4.69) is 4.90 Å². The number of hydrogen-bond donors (Lipinski definition) is 2. The van der Waals surface area contributed by atoms with Crippen molar-refractivity contribution in [3.8, 4) is 0 Å². The molecule has 0 bridgehead atoms. The maximum absolute atomic E-state index is 10.2. The number of likely N-dealkylation sites (tertiary alicyclic amines) is 1. The van der Waals surface area contributed by atoms with Crippen molar-refractivity contribution in [3.05, 3.63) is 35.9 Å². The van der Waals surface area contributed by atoms with Gasteiger partial charge in [-0.25, -0.2) is 0 Å². The molecule has 2 unspecified atom stereocenters. The Kier molecular flexibility index (Phi) is 5.83. The minimum Gasteiger partial charge on any atom is -0.396 e. The lowest BCUT2D eigenvalue weighted by atomic mass is 9.98.